The van der Waals surface area contributed by atoms with E-state index in [0.717, 1.165) is 0 Å². The first kappa shape index (κ1) is 14.8. The molecule has 1 aromatic rings. The summed E-state index contributed by atoms with van der Waals surface area (Å²) in [5.41, 5.74) is -1.17. The first-order chi connectivity index (χ1) is 9.19. The summed E-state index contributed by atoms with van der Waals surface area (Å²) in [5, 5.41) is 10.3. The minimum absolute atomic E-state index is 0.163. The van der Waals surface area contributed by atoms with Crippen LogP contribution in [0.4, 0.5) is 9.18 Å². The van der Waals surface area contributed by atoms with Crippen molar-refractivity contribution in [2.75, 3.05) is 13.1 Å². The molecule has 1 saturated heterocycles. The molecule has 0 bridgehead atoms. The number of rotatable bonds is 2. The molecule has 1 heterocycles. The molecular weight excluding hydrogens is 261 g/mol. The van der Waals surface area contributed by atoms with Crippen LogP contribution in [0.25, 0.3) is 0 Å². The molecule has 110 valence electrons. The minimum atomic E-state index is -1.07. The first-order valence-electron chi connectivity index (χ1n) is 6.62. The average molecular weight is 281 g/mol. The maximum atomic E-state index is 13.5. The van der Waals surface area contributed by atoms with Gasteiger partial charge in [0, 0.05) is 6.42 Å². The Morgan fingerprint density at radius 3 is 2.55 bits per heavy atom. The van der Waals surface area contributed by atoms with Gasteiger partial charge in [0.2, 0.25) is 0 Å². The van der Waals surface area contributed by atoms with Gasteiger partial charge in [-0.1, -0.05) is 18.2 Å². The number of carbonyl (C=O) groups excluding carboxylic acids is 1. The molecule has 0 aliphatic carbocycles. The molecule has 0 radical (unpaired) electrons. The summed E-state index contributed by atoms with van der Waals surface area (Å²) >= 11 is 0. The maximum absolute atomic E-state index is 13.5. The molecule has 1 aliphatic rings. The van der Waals surface area contributed by atoms with Crippen molar-refractivity contribution in [3.8, 4) is 0 Å². The molecule has 1 amide bonds. The van der Waals surface area contributed by atoms with Gasteiger partial charge in [-0.2, -0.15) is 0 Å². The Hall–Kier alpha value is -1.62. The van der Waals surface area contributed by atoms with Crippen molar-refractivity contribution >= 4 is 6.09 Å². The van der Waals surface area contributed by atoms with Crippen LogP contribution in [0.1, 0.15) is 26.3 Å². The Kier molecular flexibility index (Phi) is 3.73. The standard InChI is InChI=1S/C15H20FNO3/c1-14(2,3)20-13(18)17-9-15(19,10-17)8-11-6-4-5-7-12(11)16/h4-7,19H,8-10H2,1-3H3. The van der Waals surface area contributed by atoms with E-state index >= 15 is 0 Å². The molecule has 0 atom stereocenters. The lowest BCUT2D eigenvalue weighted by Gasteiger charge is -2.46. The summed E-state index contributed by atoms with van der Waals surface area (Å²) in [5.74, 6) is -0.336. The predicted octanol–water partition coefficient (Wildman–Crippen LogP) is 2.35. The highest BCUT2D eigenvalue weighted by atomic mass is 19.1. The molecule has 0 unspecified atom stereocenters. The molecule has 4 nitrogen and oxygen atoms in total. The molecule has 20 heavy (non-hydrogen) atoms. The van der Waals surface area contributed by atoms with Gasteiger partial charge in [-0.15, -0.1) is 0 Å². The topological polar surface area (TPSA) is 49.8 Å². The van der Waals surface area contributed by atoms with Crippen LogP contribution in [0.2, 0.25) is 0 Å². The van der Waals surface area contributed by atoms with E-state index in [1.54, 1.807) is 39.0 Å². The van der Waals surface area contributed by atoms with Gasteiger partial charge >= 0.3 is 6.09 Å². The van der Waals surface area contributed by atoms with Gasteiger partial charge in [0.25, 0.3) is 0 Å². The SMILES string of the molecule is CC(C)(C)OC(=O)N1CC(O)(Cc2ccccc2F)C1. The monoisotopic (exact) mass is 281 g/mol. The van der Waals surface area contributed by atoms with Crippen molar-refractivity contribution in [3.63, 3.8) is 0 Å². The van der Waals surface area contributed by atoms with Gasteiger partial charge in [0.05, 0.1) is 13.1 Å². The fourth-order valence-electron chi connectivity index (χ4n) is 2.23. The molecule has 1 N–H and O–H groups in total. The van der Waals surface area contributed by atoms with Gasteiger partial charge < -0.3 is 14.7 Å². The van der Waals surface area contributed by atoms with Crippen LogP contribution in [0, 0.1) is 5.82 Å². The molecule has 1 aromatic carbocycles. The number of hydrogen-bond donors (Lipinski definition) is 1. The van der Waals surface area contributed by atoms with E-state index in [9.17, 15) is 14.3 Å². The number of likely N-dealkylation sites (tertiary alicyclic amines) is 1. The Labute approximate surface area is 118 Å². The zero-order chi connectivity index (χ0) is 15.0. The van der Waals surface area contributed by atoms with Crippen molar-refractivity contribution in [2.45, 2.75) is 38.4 Å². The smallest absolute Gasteiger partial charge is 0.410 e. The van der Waals surface area contributed by atoms with Gasteiger partial charge in [-0.25, -0.2) is 9.18 Å². The highest BCUT2D eigenvalue weighted by molar-refractivity contribution is 5.69. The lowest BCUT2D eigenvalue weighted by atomic mass is 9.87. The number of β-amino-alcohol motifs (C(OH)–C–C–N with tert-alkyl or cyclic N) is 1. The molecule has 1 aliphatic heterocycles. The van der Waals surface area contributed by atoms with Crippen LogP contribution in [-0.4, -0.2) is 40.4 Å². The molecule has 0 saturated carbocycles. The minimum Gasteiger partial charge on any atom is -0.444 e. The zero-order valence-corrected chi connectivity index (χ0v) is 12.0. The number of hydrogen-bond acceptors (Lipinski definition) is 3. The molecule has 1 fully saturated rings. The van der Waals surface area contributed by atoms with E-state index in [4.69, 9.17) is 4.74 Å². The number of halogens is 1. The Morgan fingerprint density at radius 1 is 1.40 bits per heavy atom. The van der Waals surface area contributed by atoms with Crippen LogP contribution in [-0.2, 0) is 11.2 Å². The number of ether oxygens (including phenoxy) is 1. The summed E-state index contributed by atoms with van der Waals surface area (Å²) in [6, 6.07) is 6.34. The quantitative estimate of drug-likeness (QED) is 0.905. The largest absolute Gasteiger partial charge is 0.444 e. The number of benzene rings is 1. The van der Waals surface area contributed by atoms with Crippen molar-refractivity contribution in [1.82, 2.24) is 4.90 Å². The third kappa shape index (κ3) is 3.48. The number of amides is 1. The van der Waals surface area contributed by atoms with E-state index < -0.39 is 17.3 Å². The summed E-state index contributed by atoms with van der Waals surface area (Å²) in [4.78, 5) is 13.2. The lowest BCUT2D eigenvalue weighted by Crippen LogP contribution is -2.65. The van der Waals surface area contributed by atoms with Crippen LogP contribution in [0.5, 0.6) is 0 Å². The second-order valence-corrected chi connectivity index (χ2v) is 6.33. The summed E-state index contributed by atoms with van der Waals surface area (Å²) < 4.78 is 18.8. The number of aliphatic hydroxyl groups is 1. The van der Waals surface area contributed by atoms with Crippen molar-refractivity contribution in [1.29, 1.82) is 0 Å². The Balaban J connectivity index is 1.91. The lowest BCUT2D eigenvalue weighted by molar-refractivity contribution is -0.0976. The molecule has 2 rings (SSSR count). The first-order valence-corrected chi connectivity index (χ1v) is 6.62. The van der Waals surface area contributed by atoms with Crippen LogP contribution in [0.15, 0.2) is 24.3 Å². The second kappa shape index (κ2) is 5.05. The fraction of sp³-hybridized carbons (Fsp3) is 0.533. The van der Waals surface area contributed by atoms with E-state index in [2.05, 4.69) is 0 Å². The summed E-state index contributed by atoms with van der Waals surface area (Å²) in [6.45, 7) is 5.69. The van der Waals surface area contributed by atoms with E-state index in [1.807, 2.05) is 0 Å². The van der Waals surface area contributed by atoms with Gasteiger partial charge in [-0.05, 0) is 32.4 Å². The van der Waals surface area contributed by atoms with E-state index in [1.165, 1.54) is 11.0 Å². The number of carbonyl (C=O) groups is 1. The third-order valence-electron chi connectivity index (χ3n) is 3.10. The summed E-state index contributed by atoms with van der Waals surface area (Å²) in [7, 11) is 0. The third-order valence-corrected chi connectivity index (χ3v) is 3.10. The maximum Gasteiger partial charge on any atom is 0.410 e. The van der Waals surface area contributed by atoms with E-state index in [-0.39, 0.29) is 25.3 Å². The predicted molar refractivity (Wildman–Crippen MR) is 72.9 cm³/mol. The second-order valence-electron chi connectivity index (χ2n) is 6.33. The molecule has 0 aromatic heterocycles. The normalized spacial score (nSPS) is 17.6. The zero-order valence-electron chi connectivity index (χ0n) is 12.0. The van der Waals surface area contributed by atoms with Gasteiger partial charge in [0.1, 0.15) is 17.0 Å². The van der Waals surface area contributed by atoms with Gasteiger partial charge in [-0.3, -0.25) is 0 Å². The van der Waals surface area contributed by atoms with Crippen LogP contribution >= 0.6 is 0 Å². The van der Waals surface area contributed by atoms with Crippen molar-refractivity contribution in [2.24, 2.45) is 0 Å². The number of nitrogens with zero attached hydrogens (tertiary/aromatic N) is 1. The summed E-state index contributed by atoms with van der Waals surface area (Å²) in [6.07, 6.45) is -0.255. The highest BCUT2D eigenvalue weighted by Crippen LogP contribution is 2.27. The van der Waals surface area contributed by atoms with Crippen molar-refractivity contribution in [3.05, 3.63) is 35.6 Å². The highest BCUT2D eigenvalue weighted by Gasteiger charge is 2.45. The Bertz CT molecular complexity index is 504. The van der Waals surface area contributed by atoms with Crippen molar-refractivity contribution < 1.29 is 19.0 Å². The molecule has 0 spiro atoms. The van der Waals surface area contributed by atoms with Gasteiger partial charge in [0.15, 0.2) is 0 Å². The molecule has 5 heteroatoms. The van der Waals surface area contributed by atoms with Crippen LogP contribution < -0.4 is 0 Å². The Morgan fingerprint density at radius 2 is 2.00 bits per heavy atom. The van der Waals surface area contributed by atoms with E-state index in [0.29, 0.717) is 5.56 Å². The molecular formula is C15H20FNO3. The fourth-order valence-corrected chi connectivity index (χ4v) is 2.23. The average Bonchev–Trinajstić information content (AvgIpc) is 2.26. The van der Waals surface area contributed by atoms with Crippen LogP contribution in [0.3, 0.4) is 0 Å².